The highest BCUT2D eigenvalue weighted by Gasteiger charge is 2.10. The standard InChI is InChI=1S/C11H12N6O2/c1-6(7-4-2-3-5-8(7)18)14-15-10(12)9-11(13)17-19-16-9/h2-5,18H,1H3,(H2,12,15)(H2,13,17)/b14-6-. The lowest BCUT2D eigenvalue weighted by Gasteiger charge is -2.01. The van der Waals surface area contributed by atoms with E-state index in [1.165, 1.54) is 0 Å². The third-order valence-electron chi connectivity index (χ3n) is 2.36. The van der Waals surface area contributed by atoms with Crippen LogP contribution < -0.4 is 11.5 Å². The van der Waals surface area contributed by atoms with Crippen LogP contribution in [0, 0.1) is 0 Å². The summed E-state index contributed by atoms with van der Waals surface area (Å²) in [5.41, 5.74) is 12.3. The molecule has 98 valence electrons. The molecule has 19 heavy (non-hydrogen) atoms. The molecule has 0 fully saturated rings. The number of phenols is 1. The summed E-state index contributed by atoms with van der Waals surface area (Å²) in [5.74, 6) is 0.130. The van der Waals surface area contributed by atoms with Gasteiger partial charge in [0.2, 0.25) is 0 Å². The molecule has 1 aromatic carbocycles. The van der Waals surface area contributed by atoms with Gasteiger partial charge in [0.15, 0.2) is 17.3 Å². The SMILES string of the molecule is C/C(=N/N=C(/N)c1nonc1N)c1ccccc1O. The summed E-state index contributed by atoms with van der Waals surface area (Å²) in [4.78, 5) is 0. The van der Waals surface area contributed by atoms with Gasteiger partial charge in [-0.25, -0.2) is 4.63 Å². The topological polar surface area (TPSA) is 136 Å². The van der Waals surface area contributed by atoms with E-state index in [1.54, 1.807) is 31.2 Å². The summed E-state index contributed by atoms with van der Waals surface area (Å²) in [6, 6.07) is 6.76. The molecule has 0 bridgehead atoms. The van der Waals surface area contributed by atoms with Gasteiger partial charge in [0.25, 0.3) is 0 Å². The first-order chi connectivity index (χ1) is 9.09. The van der Waals surface area contributed by atoms with E-state index >= 15 is 0 Å². The first kappa shape index (κ1) is 12.6. The van der Waals surface area contributed by atoms with Crippen molar-refractivity contribution in [2.45, 2.75) is 6.92 Å². The number of aromatic nitrogens is 2. The predicted octanol–water partition coefficient (Wildman–Crippen LogP) is 0.487. The zero-order valence-corrected chi connectivity index (χ0v) is 10.1. The maximum absolute atomic E-state index is 9.66. The molecule has 0 saturated heterocycles. The van der Waals surface area contributed by atoms with Crippen LogP contribution >= 0.6 is 0 Å². The number of nitrogens with two attached hydrogens (primary N) is 2. The summed E-state index contributed by atoms with van der Waals surface area (Å²) >= 11 is 0. The smallest absolute Gasteiger partial charge is 0.199 e. The van der Waals surface area contributed by atoms with Crippen LogP contribution in [0.1, 0.15) is 18.2 Å². The Morgan fingerprint density at radius 2 is 2.00 bits per heavy atom. The molecular formula is C11H12N6O2. The Morgan fingerprint density at radius 3 is 2.63 bits per heavy atom. The predicted molar refractivity (Wildman–Crippen MR) is 69.8 cm³/mol. The number of nitrogens with zero attached hydrogens (tertiary/aromatic N) is 4. The van der Waals surface area contributed by atoms with Crippen LogP contribution in [0.15, 0.2) is 39.1 Å². The van der Waals surface area contributed by atoms with E-state index in [0.717, 1.165) is 0 Å². The number of nitrogen functional groups attached to an aromatic ring is 1. The highest BCUT2D eigenvalue weighted by atomic mass is 16.6. The first-order valence-corrected chi connectivity index (χ1v) is 5.34. The summed E-state index contributed by atoms with van der Waals surface area (Å²) in [5, 5.41) is 24.2. The molecule has 8 nitrogen and oxygen atoms in total. The number of benzene rings is 1. The lowest BCUT2D eigenvalue weighted by atomic mass is 10.1. The molecule has 1 aromatic heterocycles. The number of hydrogen-bond donors (Lipinski definition) is 3. The van der Waals surface area contributed by atoms with Crippen molar-refractivity contribution in [3.8, 4) is 5.75 Å². The first-order valence-electron chi connectivity index (χ1n) is 5.34. The maximum Gasteiger partial charge on any atom is 0.199 e. The van der Waals surface area contributed by atoms with Crippen molar-refractivity contribution < 1.29 is 9.74 Å². The molecule has 0 atom stereocenters. The molecular weight excluding hydrogens is 248 g/mol. The molecule has 2 aromatic rings. The number of para-hydroxylation sites is 1. The van der Waals surface area contributed by atoms with E-state index in [0.29, 0.717) is 11.3 Å². The lowest BCUT2D eigenvalue weighted by Crippen LogP contribution is -2.15. The van der Waals surface area contributed by atoms with Gasteiger partial charge in [0.1, 0.15) is 5.75 Å². The van der Waals surface area contributed by atoms with E-state index < -0.39 is 0 Å². The Bertz CT molecular complexity index is 646. The van der Waals surface area contributed by atoms with Gasteiger partial charge >= 0.3 is 0 Å². The number of phenolic OH excluding ortho intramolecular Hbond substituents is 1. The van der Waals surface area contributed by atoms with Crippen LogP contribution in [0.5, 0.6) is 5.75 Å². The van der Waals surface area contributed by atoms with Crippen molar-refractivity contribution in [2.75, 3.05) is 5.73 Å². The number of amidine groups is 1. The van der Waals surface area contributed by atoms with Gasteiger partial charge in [-0.15, -0.1) is 5.10 Å². The summed E-state index contributed by atoms with van der Waals surface area (Å²) in [6.45, 7) is 1.69. The highest BCUT2D eigenvalue weighted by Crippen LogP contribution is 2.16. The highest BCUT2D eigenvalue weighted by molar-refractivity contribution is 6.03. The van der Waals surface area contributed by atoms with Crippen molar-refractivity contribution in [3.63, 3.8) is 0 Å². The summed E-state index contributed by atoms with van der Waals surface area (Å²) in [7, 11) is 0. The molecule has 0 aliphatic carbocycles. The van der Waals surface area contributed by atoms with Gasteiger partial charge in [-0.1, -0.05) is 12.1 Å². The molecule has 0 amide bonds. The Labute approximate surface area is 108 Å². The lowest BCUT2D eigenvalue weighted by molar-refractivity contribution is 0.308. The minimum absolute atomic E-state index is 0.0199. The zero-order valence-electron chi connectivity index (χ0n) is 10.1. The van der Waals surface area contributed by atoms with Crippen molar-refractivity contribution >= 4 is 17.4 Å². The molecule has 0 aliphatic rings. The van der Waals surface area contributed by atoms with Crippen molar-refractivity contribution in [3.05, 3.63) is 35.5 Å². The van der Waals surface area contributed by atoms with Crippen LogP contribution in [-0.4, -0.2) is 27.0 Å². The van der Waals surface area contributed by atoms with E-state index in [4.69, 9.17) is 11.5 Å². The molecule has 0 saturated carbocycles. The van der Waals surface area contributed by atoms with Crippen LogP contribution in [0.2, 0.25) is 0 Å². The van der Waals surface area contributed by atoms with Crippen LogP contribution in [-0.2, 0) is 0 Å². The van der Waals surface area contributed by atoms with Gasteiger partial charge in [-0.2, -0.15) is 5.10 Å². The molecule has 2 rings (SSSR count). The summed E-state index contributed by atoms with van der Waals surface area (Å²) in [6.07, 6.45) is 0. The molecule has 8 heteroatoms. The number of rotatable bonds is 3. The quantitative estimate of drug-likeness (QED) is 0.417. The summed E-state index contributed by atoms with van der Waals surface area (Å²) < 4.78 is 4.40. The second-order valence-corrected chi connectivity index (χ2v) is 3.69. The van der Waals surface area contributed by atoms with E-state index in [2.05, 4.69) is 25.1 Å². The molecule has 1 heterocycles. The average molecular weight is 260 g/mol. The van der Waals surface area contributed by atoms with Crippen molar-refractivity contribution in [2.24, 2.45) is 15.9 Å². The van der Waals surface area contributed by atoms with E-state index in [1.807, 2.05) is 0 Å². The van der Waals surface area contributed by atoms with Crippen LogP contribution in [0.4, 0.5) is 5.82 Å². The van der Waals surface area contributed by atoms with Crippen LogP contribution in [0.3, 0.4) is 0 Å². The minimum atomic E-state index is -0.0199. The van der Waals surface area contributed by atoms with E-state index in [9.17, 15) is 5.11 Å². The Balaban J connectivity index is 2.28. The zero-order chi connectivity index (χ0) is 13.8. The second kappa shape index (κ2) is 5.17. The van der Waals surface area contributed by atoms with Gasteiger partial charge in [-0.05, 0) is 29.4 Å². The Hall–Kier alpha value is -2.90. The largest absolute Gasteiger partial charge is 0.507 e. The Kier molecular flexibility index (Phi) is 3.42. The van der Waals surface area contributed by atoms with Gasteiger partial charge < -0.3 is 16.6 Å². The van der Waals surface area contributed by atoms with Gasteiger partial charge in [-0.3, -0.25) is 0 Å². The molecule has 5 N–H and O–H groups in total. The monoisotopic (exact) mass is 260 g/mol. The normalized spacial score (nSPS) is 12.7. The fourth-order valence-corrected chi connectivity index (χ4v) is 1.38. The van der Waals surface area contributed by atoms with E-state index in [-0.39, 0.29) is 23.1 Å². The third kappa shape index (κ3) is 2.68. The minimum Gasteiger partial charge on any atom is -0.507 e. The fourth-order valence-electron chi connectivity index (χ4n) is 1.38. The van der Waals surface area contributed by atoms with Crippen molar-refractivity contribution in [1.82, 2.24) is 10.3 Å². The van der Waals surface area contributed by atoms with Gasteiger partial charge in [0.05, 0.1) is 5.71 Å². The molecule has 0 aliphatic heterocycles. The number of hydrogen-bond acceptors (Lipinski definition) is 7. The van der Waals surface area contributed by atoms with Crippen molar-refractivity contribution in [1.29, 1.82) is 0 Å². The third-order valence-corrected chi connectivity index (χ3v) is 2.36. The maximum atomic E-state index is 9.66. The fraction of sp³-hybridized carbons (Fsp3) is 0.0909. The second-order valence-electron chi connectivity index (χ2n) is 3.69. The molecule has 0 unspecified atom stereocenters. The Morgan fingerprint density at radius 1 is 1.26 bits per heavy atom. The molecule has 0 spiro atoms. The van der Waals surface area contributed by atoms with Gasteiger partial charge in [0, 0.05) is 5.56 Å². The van der Waals surface area contributed by atoms with Crippen LogP contribution in [0.25, 0.3) is 0 Å². The average Bonchev–Trinajstić information content (AvgIpc) is 2.82. The number of anilines is 1. The number of aromatic hydroxyl groups is 1. The molecule has 0 radical (unpaired) electrons.